The van der Waals surface area contributed by atoms with Crippen molar-refractivity contribution in [3.05, 3.63) is 16.1 Å². The summed E-state index contributed by atoms with van der Waals surface area (Å²) in [5, 5.41) is 4.69. The highest BCUT2D eigenvalue weighted by molar-refractivity contribution is 8.06. The lowest BCUT2D eigenvalue weighted by molar-refractivity contribution is 0.786. The molecule has 1 nitrogen and oxygen atoms in total. The van der Waals surface area contributed by atoms with E-state index < -0.39 is 0 Å². The van der Waals surface area contributed by atoms with Crippen molar-refractivity contribution in [3.8, 4) is 0 Å². The zero-order chi connectivity index (χ0) is 10.7. The van der Waals surface area contributed by atoms with Gasteiger partial charge in [-0.15, -0.1) is 34.7 Å². The van der Waals surface area contributed by atoms with Gasteiger partial charge >= 0.3 is 0 Å². The highest BCUT2D eigenvalue weighted by atomic mass is 35.5. The number of thiazole rings is 1. The van der Waals surface area contributed by atoms with E-state index in [2.05, 4.69) is 40.8 Å². The Morgan fingerprint density at radius 2 is 2.27 bits per heavy atom. The molecule has 0 bridgehead atoms. The Morgan fingerprint density at radius 1 is 1.47 bits per heavy atom. The summed E-state index contributed by atoms with van der Waals surface area (Å²) in [6.07, 6.45) is 1.23. The molecule has 1 fully saturated rings. The fraction of sp³-hybridized carbons (Fsp3) is 0.700. The van der Waals surface area contributed by atoms with Crippen LogP contribution in [0.4, 0.5) is 0 Å². The first-order valence-electron chi connectivity index (χ1n) is 5.08. The van der Waals surface area contributed by atoms with Crippen LogP contribution in [0.3, 0.4) is 0 Å². The van der Waals surface area contributed by atoms with Crippen LogP contribution in [0.5, 0.6) is 0 Å². The van der Waals surface area contributed by atoms with Gasteiger partial charge in [0.2, 0.25) is 0 Å². The Kier molecular flexibility index (Phi) is 4.68. The van der Waals surface area contributed by atoms with E-state index in [1.54, 1.807) is 11.3 Å². The van der Waals surface area contributed by atoms with Crippen molar-refractivity contribution < 1.29 is 0 Å². The van der Waals surface area contributed by atoms with E-state index in [-0.39, 0.29) is 0 Å². The van der Waals surface area contributed by atoms with Gasteiger partial charge in [-0.3, -0.25) is 0 Å². The summed E-state index contributed by atoms with van der Waals surface area (Å²) in [6.45, 7) is 2.27. The lowest BCUT2D eigenvalue weighted by atomic mass is 10.2. The molecule has 0 aromatic carbocycles. The van der Waals surface area contributed by atoms with Crippen LogP contribution in [0, 0.1) is 0 Å². The van der Waals surface area contributed by atoms with Gasteiger partial charge < -0.3 is 0 Å². The van der Waals surface area contributed by atoms with Crippen molar-refractivity contribution in [1.29, 1.82) is 0 Å². The van der Waals surface area contributed by atoms with Gasteiger partial charge in [0.05, 0.1) is 16.8 Å². The Bertz CT molecular complexity index is 315. The Balaban J connectivity index is 2.12. The van der Waals surface area contributed by atoms with Crippen LogP contribution < -0.4 is 0 Å². The van der Waals surface area contributed by atoms with Crippen LogP contribution in [-0.4, -0.2) is 21.7 Å². The van der Waals surface area contributed by atoms with E-state index in [0.717, 1.165) is 10.9 Å². The van der Waals surface area contributed by atoms with Crippen molar-refractivity contribution in [1.82, 2.24) is 4.98 Å². The molecule has 84 valence electrons. The Hall–Kier alpha value is 0.620. The third-order valence-electron chi connectivity index (χ3n) is 2.40. The molecule has 1 aliphatic heterocycles. The van der Waals surface area contributed by atoms with E-state index in [4.69, 9.17) is 11.6 Å². The summed E-state index contributed by atoms with van der Waals surface area (Å²) in [7, 11) is 0. The van der Waals surface area contributed by atoms with Gasteiger partial charge in [-0.2, -0.15) is 11.8 Å². The minimum absolute atomic E-state index is 0.540. The molecule has 1 aromatic rings. The molecule has 1 aromatic heterocycles. The fourth-order valence-corrected chi connectivity index (χ4v) is 6.13. The monoisotopic (exact) mass is 279 g/mol. The number of aromatic nitrogens is 1. The first kappa shape index (κ1) is 12.1. The molecule has 1 saturated heterocycles. The smallest absolute Gasteiger partial charge is 0.107 e. The average Bonchev–Trinajstić information content (AvgIpc) is 2.77. The van der Waals surface area contributed by atoms with Crippen molar-refractivity contribution in [2.75, 3.05) is 11.5 Å². The maximum absolute atomic E-state index is 5.78. The molecule has 2 heterocycles. The zero-order valence-corrected chi connectivity index (χ0v) is 11.8. The molecule has 0 aliphatic carbocycles. The summed E-state index contributed by atoms with van der Waals surface area (Å²) in [5.41, 5.74) is 1.03. The molecule has 2 atom stereocenters. The second kappa shape index (κ2) is 5.80. The predicted molar refractivity (Wildman–Crippen MR) is 73.4 cm³/mol. The number of hydrogen-bond donors (Lipinski definition) is 0. The van der Waals surface area contributed by atoms with E-state index in [0.29, 0.717) is 11.1 Å². The maximum atomic E-state index is 5.78. The second-order valence-electron chi connectivity index (χ2n) is 3.42. The van der Waals surface area contributed by atoms with Crippen LogP contribution in [0.1, 0.15) is 29.3 Å². The second-order valence-corrected chi connectivity index (χ2v) is 7.17. The first-order chi connectivity index (χ1) is 7.35. The van der Waals surface area contributed by atoms with Gasteiger partial charge in [-0.1, -0.05) is 6.92 Å². The average molecular weight is 280 g/mol. The number of alkyl halides is 1. The summed E-state index contributed by atoms with van der Waals surface area (Å²) in [6, 6.07) is 0. The van der Waals surface area contributed by atoms with Crippen LogP contribution in [-0.2, 0) is 5.88 Å². The van der Waals surface area contributed by atoms with Crippen molar-refractivity contribution in [3.63, 3.8) is 0 Å². The molecular weight excluding hydrogens is 266 g/mol. The zero-order valence-electron chi connectivity index (χ0n) is 8.61. The van der Waals surface area contributed by atoms with E-state index >= 15 is 0 Å². The maximum Gasteiger partial charge on any atom is 0.107 e. The van der Waals surface area contributed by atoms with Crippen molar-refractivity contribution >= 4 is 46.5 Å². The normalized spacial score (nSPS) is 26.8. The van der Waals surface area contributed by atoms with E-state index in [1.807, 2.05) is 0 Å². The molecule has 1 aliphatic rings. The quantitative estimate of drug-likeness (QED) is 0.771. The summed E-state index contributed by atoms with van der Waals surface area (Å²) in [4.78, 5) is 4.60. The van der Waals surface area contributed by atoms with Gasteiger partial charge in [0, 0.05) is 22.1 Å². The third kappa shape index (κ3) is 2.84. The number of hydrogen-bond acceptors (Lipinski definition) is 4. The van der Waals surface area contributed by atoms with Crippen LogP contribution in [0.15, 0.2) is 5.38 Å². The molecule has 0 N–H and O–H groups in total. The minimum Gasteiger partial charge on any atom is -0.244 e. The lowest BCUT2D eigenvalue weighted by Gasteiger charge is -2.28. The van der Waals surface area contributed by atoms with Crippen LogP contribution in [0.2, 0.25) is 0 Å². The molecule has 0 saturated carbocycles. The van der Waals surface area contributed by atoms with Gasteiger partial charge in [-0.25, -0.2) is 4.98 Å². The third-order valence-corrected chi connectivity index (χ3v) is 7.06. The van der Waals surface area contributed by atoms with Gasteiger partial charge in [0.25, 0.3) is 0 Å². The first-order valence-corrected chi connectivity index (χ1v) is 8.59. The molecule has 0 spiro atoms. The summed E-state index contributed by atoms with van der Waals surface area (Å²) >= 11 is 11.7. The number of halogens is 1. The topological polar surface area (TPSA) is 12.9 Å². The molecule has 2 rings (SSSR count). The van der Waals surface area contributed by atoms with Gasteiger partial charge in [0.1, 0.15) is 5.01 Å². The largest absolute Gasteiger partial charge is 0.244 e. The SMILES string of the molecule is CCC1SCCSC1c1nc(CCl)cs1. The van der Waals surface area contributed by atoms with Crippen molar-refractivity contribution in [2.45, 2.75) is 29.7 Å². The molecule has 5 heteroatoms. The molecule has 15 heavy (non-hydrogen) atoms. The highest BCUT2D eigenvalue weighted by Gasteiger charge is 2.28. The van der Waals surface area contributed by atoms with Gasteiger partial charge in [0.15, 0.2) is 0 Å². The molecule has 2 unspecified atom stereocenters. The standard InChI is InChI=1S/C10H14ClNS3/c1-2-8-9(14-4-3-13-8)10-12-7(5-11)6-15-10/h6,8-9H,2-5H2,1H3. The predicted octanol–water partition coefficient (Wildman–Crippen LogP) is 4.18. The summed E-state index contributed by atoms with van der Waals surface area (Å²) in [5.74, 6) is 3.08. The van der Waals surface area contributed by atoms with Crippen LogP contribution in [0.25, 0.3) is 0 Å². The lowest BCUT2D eigenvalue weighted by Crippen LogP contribution is -2.18. The molecule has 0 amide bonds. The van der Waals surface area contributed by atoms with E-state index in [9.17, 15) is 0 Å². The fourth-order valence-electron chi connectivity index (χ4n) is 1.65. The summed E-state index contributed by atoms with van der Waals surface area (Å²) < 4.78 is 0. The Labute approximate surface area is 108 Å². The highest BCUT2D eigenvalue weighted by Crippen LogP contribution is 2.44. The molecular formula is C10H14ClNS3. The number of nitrogens with zero attached hydrogens (tertiary/aromatic N) is 1. The number of thioether (sulfide) groups is 2. The minimum atomic E-state index is 0.540. The Morgan fingerprint density at radius 3 is 2.93 bits per heavy atom. The van der Waals surface area contributed by atoms with E-state index in [1.165, 1.54) is 22.9 Å². The number of rotatable bonds is 3. The van der Waals surface area contributed by atoms with Crippen LogP contribution >= 0.6 is 46.5 Å². The molecule has 0 radical (unpaired) electrons. The van der Waals surface area contributed by atoms with Crippen molar-refractivity contribution in [2.24, 2.45) is 0 Å². The van der Waals surface area contributed by atoms with Gasteiger partial charge in [-0.05, 0) is 6.42 Å².